The van der Waals surface area contributed by atoms with E-state index in [0.29, 0.717) is 32.9 Å². The highest BCUT2D eigenvalue weighted by atomic mass is 35.5. The maximum Gasteiger partial charge on any atom is 0.229 e. The molecule has 31 heavy (non-hydrogen) atoms. The van der Waals surface area contributed by atoms with Crippen LogP contribution in [0.5, 0.6) is 5.75 Å². The molecule has 0 bridgehead atoms. The summed E-state index contributed by atoms with van der Waals surface area (Å²) < 4.78 is 13.1. The molecule has 0 spiro atoms. The molecule has 2 aromatic carbocycles. The number of hydrogen-bond donors (Lipinski definition) is 4. The van der Waals surface area contributed by atoms with Crippen LogP contribution in [0.15, 0.2) is 48.7 Å². The van der Waals surface area contributed by atoms with Crippen molar-refractivity contribution < 1.29 is 34.7 Å². The minimum atomic E-state index is -1.56. The standard InChI is InChI=1S/C22H22ClNO7/c1-11(26)13-4-2-3-5-15(13)24-9-17(14-7-6-12(23)8-16(14)24)30-22-21(29)20(28)19(27)18(10-25)31-22/h2-9,18-22,25,27-29H,10H2,1H3/t18-,19+,20+,21-,22-/m1/s1. The summed E-state index contributed by atoms with van der Waals surface area (Å²) in [5.41, 5.74) is 1.77. The Morgan fingerprint density at radius 1 is 1.13 bits per heavy atom. The lowest BCUT2D eigenvalue weighted by Crippen LogP contribution is -2.60. The van der Waals surface area contributed by atoms with Crippen LogP contribution in [0, 0.1) is 0 Å². The zero-order valence-corrected chi connectivity index (χ0v) is 17.3. The van der Waals surface area contributed by atoms with Crippen LogP contribution in [0.3, 0.4) is 0 Å². The van der Waals surface area contributed by atoms with Gasteiger partial charge in [-0.15, -0.1) is 0 Å². The van der Waals surface area contributed by atoms with E-state index < -0.39 is 37.3 Å². The molecular weight excluding hydrogens is 426 g/mol. The molecule has 1 aliphatic heterocycles. The monoisotopic (exact) mass is 447 g/mol. The Morgan fingerprint density at radius 2 is 1.87 bits per heavy atom. The molecule has 8 nitrogen and oxygen atoms in total. The predicted octanol–water partition coefficient (Wildman–Crippen LogP) is 1.67. The van der Waals surface area contributed by atoms with Gasteiger partial charge in [0.05, 0.1) is 24.0 Å². The molecule has 0 aliphatic carbocycles. The van der Waals surface area contributed by atoms with Gasteiger partial charge in [-0.25, -0.2) is 0 Å². The topological polar surface area (TPSA) is 121 Å². The fourth-order valence-corrected chi connectivity index (χ4v) is 3.90. The number of nitrogens with zero attached hydrogens (tertiary/aromatic N) is 1. The Balaban J connectivity index is 1.79. The van der Waals surface area contributed by atoms with E-state index in [2.05, 4.69) is 0 Å². The summed E-state index contributed by atoms with van der Waals surface area (Å²) in [7, 11) is 0. The highest BCUT2D eigenvalue weighted by Gasteiger charge is 2.45. The minimum Gasteiger partial charge on any atom is -0.460 e. The molecule has 0 unspecified atom stereocenters. The van der Waals surface area contributed by atoms with Gasteiger partial charge in [0, 0.05) is 16.0 Å². The zero-order valence-electron chi connectivity index (χ0n) is 16.6. The van der Waals surface area contributed by atoms with E-state index in [-0.39, 0.29) is 5.78 Å². The van der Waals surface area contributed by atoms with Crippen LogP contribution in [0.4, 0.5) is 0 Å². The molecule has 2 heterocycles. The molecule has 1 aromatic heterocycles. The van der Waals surface area contributed by atoms with E-state index in [9.17, 15) is 25.2 Å². The summed E-state index contributed by atoms with van der Waals surface area (Å²) in [5.74, 6) is 0.185. The van der Waals surface area contributed by atoms with E-state index in [1.165, 1.54) is 6.92 Å². The number of hydrogen-bond acceptors (Lipinski definition) is 7. The number of fused-ring (bicyclic) bond motifs is 1. The van der Waals surface area contributed by atoms with Crippen molar-refractivity contribution in [3.8, 4) is 11.4 Å². The van der Waals surface area contributed by atoms with Gasteiger partial charge in [0.25, 0.3) is 0 Å². The molecule has 1 fully saturated rings. The lowest BCUT2D eigenvalue weighted by atomic mass is 9.99. The number of benzene rings is 2. The molecular formula is C22H22ClNO7. The average molecular weight is 448 g/mol. The normalized spacial score (nSPS) is 26.2. The van der Waals surface area contributed by atoms with Gasteiger partial charge in [-0.2, -0.15) is 0 Å². The van der Waals surface area contributed by atoms with E-state index in [1.807, 2.05) is 0 Å². The van der Waals surface area contributed by atoms with Gasteiger partial charge in [0.15, 0.2) is 5.78 Å². The number of halogens is 1. The molecule has 0 amide bonds. The molecule has 0 saturated carbocycles. The Labute approximate surface area is 182 Å². The number of ether oxygens (including phenoxy) is 2. The van der Waals surface area contributed by atoms with Gasteiger partial charge in [0.2, 0.25) is 6.29 Å². The highest BCUT2D eigenvalue weighted by Crippen LogP contribution is 2.35. The SMILES string of the molecule is CC(=O)c1ccccc1-n1cc(O[C@@H]2O[C@H](CO)[C@H](O)[C@H](O)[C@H]2O)c2ccc(Cl)cc21. The maximum absolute atomic E-state index is 12.1. The first-order chi connectivity index (χ1) is 14.8. The van der Waals surface area contributed by atoms with Gasteiger partial charge < -0.3 is 34.5 Å². The van der Waals surface area contributed by atoms with Gasteiger partial charge in [-0.1, -0.05) is 23.7 Å². The highest BCUT2D eigenvalue weighted by molar-refractivity contribution is 6.31. The summed E-state index contributed by atoms with van der Waals surface area (Å²) in [5, 5.41) is 40.9. The number of aromatic nitrogens is 1. The van der Waals surface area contributed by atoms with Crippen LogP contribution in [0.1, 0.15) is 17.3 Å². The van der Waals surface area contributed by atoms with Gasteiger partial charge in [0.1, 0.15) is 30.2 Å². The first-order valence-electron chi connectivity index (χ1n) is 9.70. The van der Waals surface area contributed by atoms with Gasteiger partial charge in [-0.3, -0.25) is 4.79 Å². The smallest absolute Gasteiger partial charge is 0.229 e. The molecule has 0 radical (unpaired) electrons. The average Bonchev–Trinajstić information content (AvgIpc) is 3.11. The first kappa shape index (κ1) is 21.8. The zero-order chi connectivity index (χ0) is 22.3. The molecule has 1 aliphatic rings. The van der Waals surface area contributed by atoms with Crippen LogP contribution in [-0.2, 0) is 4.74 Å². The number of carbonyl (C=O) groups is 1. The van der Waals surface area contributed by atoms with Crippen LogP contribution < -0.4 is 4.74 Å². The van der Waals surface area contributed by atoms with Gasteiger partial charge in [-0.05, 0) is 37.3 Å². The fourth-order valence-electron chi connectivity index (χ4n) is 3.73. The molecule has 4 N–H and O–H groups in total. The van der Waals surface area contributed by atoms with Crippen molar-refractivity contribution in [3.63, 3.8) is 0 Å². The number of aliphatic hydroxyl groups excluding tert-OH is 4. The second kappa shape index (κ2) is 8.58. The maximum atomic E-state index is 12.1. The number of Topliss-reactive ketones (excluding diaryl/α,β-unsaturated/α-hetero) is 1. The Bertz CT molecular complexity index is 1110. The first-order valence-corrected chi connectivity index (χ1v) is 10.1. The van der Waals surface area contributed by atoms with E-state index in [4.69, 9.17) is 21.1 Å². The van der Waals surface area contributed by atoms with Crippen LogP contribution >= 0.6 is 11.6 Å². The quantitative estimate of drug-likeness (QED) is 0.439. The molecule has 1 saturated heterocycles. The number of rotatable bonds is 5. The minimum absolute atomic E-state index is 0.115. The van der Waals surface area contributed by atoms with Crippen LogP contribution in [-0.4, -0.2) is 68.1 Å². The van der Waals surface area contributed by atoms with Crippen molar-refractivity contribution in [2.45, 2.75) is 37.6 Å². The third-order valence-corrected chi connectivity index (χ3v) is 5.60. The summed E-state index contributed by atoms with van der Waals surface area (Å²) in [4.78, 5) is 12.1. The van der Waals surface area contributed by atoms with Crippen molar-refractivity contribution >= 4 is 28.3 Å². The lowest BCUT2D eigenvalue weighted by Gasteiger charge is -2.39. The molecule has 5 atom stereocenters. The van der Waals surface area contributed by atoms with E-state index in [0.717, 1.165) is 0 Å². The molecule has 3 aromatic rings. The second-order valence-electron chi connectivity index (χ2n) is 7.41. The van der Waals surface area contributed by atoms with Crippen molar-refractivity contribution in [2.24, 2.45) is 0 Å². The Hall–Kier alpha value is -2.46. The van der Waals surface area contributed by atoms with Crippen molar-refractivity contribution in [2.75, 3.05) is 6.61 Å². The van der Waals surface area contributed by atoms with Gasteiger partial charge >= 0.3 is 0 Å². The largest absolute Gasteiger partial charge is 0.460 e. The van der Waals surface area contributed by atoms with Crippen molar-refractivity contribution in [1.82, 2.24) is 4.57 Å². The predicted molar refractivity (Wildman–Crippen MR) is 113 cm³/mol. The fraction of sp³-hybridized carbons (Fsp3) is 0.318. The summed E-state index contributed by atoms with van der Waals surface area (Å²) >= 11 is 6.20. The number of carbonyl (C=O) groups excluding carboxylic acids is 1. The van der Waals surface area contributed by atoms with Crippen molar-refractivity contribution in [1.29, 1.82) is 0 Å². The van der Waals surface area contributed by atoms with Crippen molar-refractivity contribution in [3.05, 3.63) is 59.2 Å². The third kappa shape index (κ3) is 3.94. The Kier molecular flexibility index (Phi) is 6.02. The summed E-state index contributed by atoms with van der Waals surface area (Å²) in [6.45, 7) is 0.914. The molecule has 4 rings (SSSR count). The van der Waals surface area contributed by atoms with Crippen LogP contribution in [0.2, 0.25) is 5.02 Å². The lowest BCUT2D eigenvalue weighted by molar-refractivity contribution is -0.277. The second-order valence-corrected chi connectivity index (χ2v) is 7.85. The summed E-state index contributed by atoms with van der Waals surface area (Å²) in [6.07, 6.45) is -5.39. The number of para-hydroxylation sites is 1. The van der Waals surface area contributed by atoms with E-state index in [1.54, 1.807) is 53.2 Å². The number of ketones is 1. The third-order valence-electron chi connectivity index (χ3n) is 5.37. The molecule has 164 valence electrons. The summed E-state index contributed by atoms with van der Waals surface area (Å²) in [6, 6.07) is 12.2. The number of aliphatic hydroxyl groups is 4. The Morgan fingerprint density at radius 3 is 2.58 bits per heavy atom. The molecule has 9 heteroatoms. The van der Waals surface area contributed by atoms with E-state index >= 15 is 0 Å². The van der Waals surface area contributed by atoms with Crippen LogP contribution in [0.25, 0.3) is 16.6 Å².